The molecule has 0 aliphatic carbocycles. The van der Waals surface area contributed by atoms with Gasteiger partial charge in [0.1, 0.15) is 0 Å². The number of thiophene rings is 1. The SMILES string of the molecule is O=C(NCCc1cccs1)C1CC(Cc2ccc3c(c2)OCO3)=NO1. The maximum absolute atomic E-state index is 12.2. The van der Waals surface area contributed by atoms with Gasteiger partial charge < -0.3 is 19.6 Å². The fourth-order valence-electron chi connectivity index (χ4n) is 2.84. The molecule has 3 heterocycles. The lowest BCUT2D eigenvalue weighted by atomic mass is 10.0. The van der Waals surface area contributed by atoms with Gasteiger partial charge >= 0.3 is 0 Å². The number of ether oxygens (including phenoxy) is 2. The van der Waals surface area contributed by atoms with E-state index in [9.17, 15) is 4.79 Å². The molecule has 6 nitrogen and oxygen atoms in total. The molecule has 130 valence electrons. The third-order valence-corrected chi connectivity index (χ3v) is 5.05. The number of carbonyl (C=O) groups is 1. The number of oxime groups is 1. The molecule has 0 saturated carbocycles. The second-order valence-electron chi connectivity index (χ2n) is 5.94. The number of nitrogens with zero attached hydrogens (tertiary/aromatic N) is 1. The average molecular weight is 358 g/mol. The Labute approximate surface area is 149 Å². The molecule has 25 heavy (non-hydrogen) atoms. The van der Waals surface area contributed by atoms with Crippen LogP contribution in [0.2, 0.25) is 0 Å². The number of nitrogens with one attached hydrogen (secondary N) is 1. The van der Waals surface area contributed by atoms with Crippen molar-refractivity contribution in [3.8, 4) is 11.5 Å². The highest BCUT2D eigenvalue weighted by Gasteiger charge is 2.28. The van der Waals surface area contributed by atoms with Gasteiger partial charge in [0.05, 0.1) is 5.71 Å². The van der Waals surface area contributed by atoms with E-state index < -0.39 is 6.10 Å². The van der Waals surface area contributed by atoms with Crippen LogP contribution in [0.5, 0.6) is 11.5 Å². The monoisotopic (exact) mass is 358 g/mol. The van der Waals surface area contributed by atoms with E-state index in [4.69, 9.17) is 14.3 Å². The van der Waals surface area contributed by atoms with E-state index in [0.29, 0.717) is 19.4 Å². The highest BCUT2D eigenvalue weighted by atomic mass is 32.1. The summed E-state index contributed by atoms with van der Waals surface area (Å²) in [6, 6.07) is 9.89. The molecule has 1 N–H and O–H groups in total. The fourth-order valence-corrected chi connectivity index (χ4v) is 3.54. The van der Waals surface area contributed by atoms with Gasteiger partial charge in [-0.2, -0.15) is 0 Å². The molecule has 2 aliphatic heterocycles. The molecule has 4 rings (SSSR count). The van der Waals surface area contributed by atoms with E-state index in [-0.39, 0.29) is 12.7 Å². The molecule has 7 heteroatoms. The summed E-state index contributed by atoms with van der Waals surface area (Å²) in [6.45, 7) is 0.868. The first-order chi connectivity index (χ1) is 12.3. The van der Waals surface area contributed by atoms with Crippen LogP contribution in [0.1, 0.15) is 16.9 Å². The number of hydrogen-bond acceptors (Lipinski definition) is 6. The average Bonchev–Trinajstić information content (AvgIpc) is 3.36. The van der Waals surface area contributed by atoms with Crippen LogP contribution in [0.4, 0.5) is 0 Å². The molecule has 0 saturated heterocycles. The van der Waals surface area contributed by atoms with Crippen molar-refractivity contribution in [2.24, 2.45) is 5.16 Å². The zero-order valence-corrected chi connectivity index (χ0v) is 14.4. The number of rotatable bonds is 6. The Morgan fingerprint density at radius 2 is 2.20 bits per heavy atom. The molecule has 0 spiro atoms. The molecule has 2 aliphatic rings. The van der Waals surface area contributed by atoms with Crippen molar-refractivity contribution in [1.82, 2.24) is 5.32 Å². The van der Waals surface area contributed by atoms with E-state index in [0.717, 1.165) is 29.2 Å². The molecule has 1 aromatic heterocycles. The Kier molecular flexibility index (Phi) is 4.56. The lowest BCUT2D eigenvalue weighted by Crippen LogP contribution is -2.35. The van der Waals surface area contributed by atoms with Gasteiger partial charge in [-0.1, -0.05) is 17.3 Å². The summed E-state index contributed by atoms with van der Waals surface area (Å²) < 4.78 is 10.7. The van der Waals surface area contributed by atoms with Crippen LogP contribution in [0.3, 0.4) is 0 Å². The zero-order valence-electron chi connectivity index (χ0n) is 13.6. The van der Waals surface area contributed by atoms with Crippen molar-refractivity contribution in [2.45, 2.75) is 25.4 Å². The number of carbonyl (C=O) groups excluding carboxylic acids is 1. The Balaban J connectivity index is 1.25. The maximum atomic E-state index is 12.2. The first kappa shape index (κ1) is 16.0. The van der Waals surface area contributed by atoms with Crippen molar-refractivity contribution in [3.63, 3.8) is 0 Å². The van der Waals surface area contributed by atoms with Gasteiger partial charge in [-0.3, -0.25) is 4.79 Å². The van der Waals surface area contributed by atoms with Crippen LogP contribution < -0.4 is 14.8 Å². The second-order valence-corrected chi connectivity index (χ2v) is 6.97. The van der Waals surface area contributed by atoms with Gasteiger partial charge in [-0.25, -0.2) is 0 Å². The molecule has 2 aromatic rings. The standard InChI is InChI=1S/C18H18N2O4S/c21-18(19-6-5-14-2-1-7-25-14)17-10-13(20-24-17)8-12-3-4-15-16(9-12)23-11-22-15/h1-4,7,9,17H,5-6,8,10-11H2,(H,19,21). The molecule has 1 aromatic carbocycles. The summed E-state index contributed by atoms with van der Waals surface area (Å²) in [6.07, 6.45) is 1.45. The highest BCUT2D eigenvalue weighted by molar-refractivity contribution is 7.09. The third-order valence-electron chi connectivity index (χ3n) is 4.12. The van der Waals surface area contributed by atoms with Gasteiger partial charge in [0.2, 0.25) is 12.9 Å². The van der Waals surface area contributed by atoms with Crippen LogP contribution in [-0.4, -0.2) is 31.1 Å². The van der Waals surface area contributed by atoms with Crippen LogP contribution in [0.25, 0.3) is 0 Å². The summed E-state index contributed by atoms with van der Waals surface area (Å²) >= 11 is 1.69. The van der Waals surface area contributed by atoms with Crippen LogP contribution in [0.15, 0.2) is 40.9 Å². The van der Waals surface area contributed by atoms with Gasteiger partial charge in [0.15, 0.2) is 11.5 Å². The highest BCUT2D eigenvalue weighted by Crippen LogP contribution is 2.33. The van der Waals surface area contributed by atoms with Crippen LogP contribution in [0, 0.1) is 0 Å². The van der Waals surface area contributed by atoms with Gasteiger partial charge in [-0.05, 0) is 35.6 Å². The first-order valence-electron chi connectivity index (χ1n) is 8.18. The largest absolute Gasteiger partial charge is 0.454 e. The molecule has 0 fully saturated rings. The van der Waals surface area contributed by atoms with E-state index in [1.807, 2.05) is 29.6 Å². The smallest absolute Gasteiger partial charge is 0.264 e. The molecule has 0 radical (unpaired) electrons. The fraction of sp³-hybridized carbons (Fsp3) is 0.333. The Bertz CT molecular complexity index is 788. The molecule has 1 amide bonds. The van der Waals surface area contributed by atoms with E-state index in [2.05, 4.69) is 16.5 Å². The summed E-state index contributed by atoms with van der Waals surface area (Å²) in [7, 11) is 0. The Morgan fingerprint density at radius 3 is 3.08 bits per heavy atom. The van der Waals surface area contributed by atoms with Crippen LogP contribution >= 0.6 is 11.3 Å². The molecule has 0 bridgehead atoms. The van der Waals surface area contributed by atoms with Crippen molar-refractivity contribution in [2.75, 3.05) is 13.3 Å². The second kappa shape index (κ2) is 7.14. The lowest BCUT2D eigenvalue weighted by Gasteiger charge is -2.09. The molecule has 1 atom stereocenters. The maximum Gasteiger partial charge on any atom is 0.264 e. The van der Waals surface area contributed by atoms with Gasteiger partial charge in [0, 0.05) is 24.3 Å². The minimum absolute atomic E-state index is 0.110. The molecule has 1 unspecified atom stereocenters. The van der Waals surface area contributed by atoms with E-state index in [1.165, 1.54) is 4.88 Å². The summed E-state index contributed by atoms with van der Waals surface area (Å²) in [5, 5.41) is 9.02. The predicted molar refractivity (Wildman–Crippen MR) is 94.2 cm³/mol. The van der Waals surface area contributed by atoms with Crippen molar-refractivity contribution in [1.29, 1.82) is 0 Å². The quantitative estimate of drug-likeness (QED) is 0.862. The number of benzene rings is 1. The van der Waals surface area contributed by atoms with E-state index in [1.54, 1.807) is 11.3 Å². The van der Waals surface area contributed by atoms with Crippen molar-refractivity contribution < 1.29 is 19.1 Å². The number of hydrogen-bond donors (Lipinski definition) is 1. The normalized spacial score (nSPS) is 17.9. The summed E-state index contributed by atoms with van der Waals surface area (Å²) in [5.74, 6) is 1.40. The molecular formula is C18H18N2O4S. The topological polar surface area (TPSA) is 69.2 Å². The molecular weight excluding hydrogens is 340 g/mol. The summed E-state index contributed by atoms with van der Waals surface area (Å²) in [5.41, 5.74) is 1.92. The van der Waals surface area contributed by atoms with Gasteiger partial charge in [0.25, 0.3) is 5.91 Å². The Hall–Kier alpha value is -2.54. The predicted octanol–water partition coefficient (Wildman–Crippen LogP) is 2.52. The van der Waals surface area contributed by atoms with Crippen molar-refractivity contribution in [3.05, 3.63) is 46.2 Å². The Morgan fingerprint density at radius 1 is 1.28 bits per heavy atom. The van der Waals surface area contributed by atoms with Gasteiger partial charge in [-0.15, -0.1) is 11.3 Å². The number of amides is 1. The zero-order chi connectivity index (χ0) is 17.1. The lowest BCUT2D eigenvalue weighted by molar-refractivity contribution is -0.131. The first-order valence-corrected chi connectivity index (χ1v) is 9.06. The van der Waals surface area contributed by atoms with Crippen LogP contribution in [-0.2, 0) is 22.5 Å². The summed E-state index contributed by atoms with van der Waals surface area (Å²) in [4.78, 5) is 18.7. The minimum atomic E-state index is -0.535. The van der Waals surface area contributed by atoms with E-state index >= 15 is 0 Å². The number of fused-ring (bicyclic) bond motifs is 1. The minimum Gasteiger partial charge on any atom is -0.454 e. The third kappa shape index (κ3) is 3.76. The van der Waals surface area contributed by atoms with Crippen molar-refractivity contribution >= 4 is 23.0 Å².